The molecule has 1 aromatic rings. The molecule has 0 radical (unpaired) electrons. The van der Waals surface area contributed by atoms with E-state index in [1.165, 1.54) is 4.31 Å². The molecular weight excluding hydrogens is 376 g/mol. The van der Waals surface area contributed by atoms with Gasteiger partial charge in [-0.3, -0.25) is 4.79 Å². The highest BCUT2D eigenvalue weighted by atomic mass is 35.5. The van der Waals surface area contributed by atoms with E-state index in [9.17, 15) is 13.2 Å². The third kappa shape index (κ3) is 5.19. The number of amides is 1. The maximum atomic E-state index is 12.6. The highest BCUT2D eigenvalue weighted by Crippen LogP contribution is 2.22. The lowest BCUT2D eigenvalue weighted by atomic mass is 9.97. The summed E-state index contributed by atoms with van der Waals surface area (Å²) in [6.07, 6.45) is 3.26. The van der Waals surface area contributed by atoms with E-state index in [0.717, 1.165) is 19.4 Å². The molecule has 1 aromatic carbocycles. The molecule has 0 spiro atoms. The monoisotopic (exact) mass is 400 g/mol. The molecule has 2 aliphatic rings. The van der Waals surface area contributed by atoms with Crippen molar-refractivity contribution >= 4 is 27.5 Å². The van der Waals surface area contributed by atoms with Crippen LogP contribution >= 0.6 is 11.6 Å². The maximum Gasteiger partial charge on any atom is 0.223 e. The summed E-state index contributed by atoms with van der Waals surface area (Å²) in [4.78, 5) is 12.3. The van der Waals surface area contributed by atoms with Crippen molar-refractivity contribution in [2.24, 2.45) is 5.92 Å². The zero-order chi connectivity index (χ0) is 18.6. The Morgan fingerprint density at radius 3 is 2.50 bits per heavy atom. The van der Waals surface area contributed by atoms with Crippen LogP contribution < -0.4 is 5.32 Å². The molecule has 1 atom stereocenters. The second-order valence-corrected chi connectivity index (χ2v) is 9.34. The molecule has 0 bridgehead atoms. The van der Waals surface area contributed by atoms with Crippen LogP contribution in [0.4, 0.5) is 0 Å². The average Bonchev–Trinajstić information content (AvgIpc) is 3.15. The molecule has 26 heavy (non-hydrogen) atoms. The van der Waals surface area contributed by atoms with Crippen molar-refractivity contribution in [2.75, 3.05) is 26.2 Å². The summed E-state index contributed by atoms with van der Waals surface area (Å²) < 4.78 is 32.2. The van der Waals surface area contributed by atoms with Gasteiger partial charge in [-0.15, -0.1) is 0 Å². The van der Waals surface area contributed by atoms with Crippen LogP contribution in [0.2, 0.25) is 5.02 Å². The van der Waals surface area contributed by atoms with Crippen LogP contribution in [0, 0.1) is 5.92 Å². The summed E-state index contributed by atoms with van der Waals surface area (Å²) in [6.45, 7) is 2.08. The van der Waals surface area contributed by atoms with E-state index >= 15 is 0 Å². The number of piperidine rings is 1. The minimum Gasteiger partial charge on any atom is -0.376 e. The fraction of sp³-hybridized carbons (Fsp3) is 0.611. The third-order valence-corrected chi connectivity index (χ3v) is 7.11. The van der Waals surface area contributed by atoms with E-state index in [-0.39, 0.29) is 23.7 Å². The summed E-state index contributed by atoms with van der Waals surface area (Å²) in [5.74, 6) is -0.159. The van der Waals surface area contributed by atoms with Crippen LogP contribution in [0.15, 0.2) is 24.3 Å². The normalized spacial score (nSPS) is 22.4. The molecule has 6 nitrogen and oxygen atoms in total. The van der Waals surface area contributed by atoms with Gasteiger partial charge in [0.1, 0.15) is 0 Å². The second-order valence-electron chi connectivity index (χ2n) is 6.94. The van der Waals surface area contributed by atoms with Crippen LogP contribution in [0.25, 0.3) is 0 Å². The number of sulfonamides is 1. The third-order valence-electron chi connectivity index (χ3n) is 5.01. The second kappa shape index (κ2) is 8.69. The Morgan fingerprint density at radius 2 is 1.88 bits per heavy atom. The largest absolute Gasteiger partial charge is 0.376 e. The van der Waals surface area contributed by atoms with Crippen LogP contribution in [-0.4, -0.2) is 51.0 Å². The highest BCUT2D eigenvalue weighted by Gasteiger charge is 2.31. The summed E-state index contributed by atoms with van der Waals surface area (Å²) >= 11 is 5.84. The molecule has 0 unspecified atom stereocenters. The van der Waals surface area contributed by atoms with Gasteiger partial charge in [-0.25, -0.2) is 12.7 Å². The molecule has 0 aromatic heterocycles. The minimum absolute atomic E-state index is 0.00949. The van der Waals surface area contributed by atoms with Crippen molar-refractivity contribution in [1.82, 2.24) is 9.62 Å². The molecule has 144 valence electrons. The van der Waals surface area contributed by atoms with Gasteiger partial charge >= 0.3 is 0 Å². The number of hydrogen-bond donors (Lipinski definition) is 1. The number of carbonyl (C=O) groups is 1. The van der Waals surface area contributed by atoms with Gasteiger partial charge in [-0.05, 0) is 43.4 Å². The Bertz CT molecular complexity index is 709. The van der Waals surface area contributed by atoms with Crippen LogP contribution in [0.1, 0.15) is 31.2 Å². The summed E-state index contributed by atoms with van der Waals surface area (Å²) in [7, 11) is -3.39. The first-order chi connectivity index (χ1) is 12.4. The highest BCUT2D eigenvalue weighted by molar-refractivity contribution is 7.88. The molecule has 0 aliphatic carbocycles. The van der Waals surface area contributed by atoms with E-state index in [1.807, 2.05) is 0 Å². The average molecular weight is 401 g/mol. The lowest BCUT2D eigenvalue weighted by molar-refractivity contribution is -0.126. The molecule has 1 amide bonds. The quantitative estimate of drug-likeness (QED) is 0.794. The number of hydrogen-bond acceptors (Lipinski definition) is 4. The van der Waals surface area contributed by atoms with Gasteiger partial charge in [0.05, 0.1) is 11.9 Å². The molecular formula is C18H25ClN2O4S. The Hall–Kier alpha value is -1.15. The molecule has 2 saturated heterocycles. The topological polar surface area (TPSA) is 75.7 Å². The zero-order valence-corrected chi connectivity index (χ0v) is 16.3. The molecule has 8 heteroatoms. The Labute approximate surface area is 159 Å². The van der Waals surface area contributed by atoms with E-state index in [2.05, 4.69) is 5.32 Å². The van der Waals surface area contributed by atoms with E-state index in [4.69, 9.17) is 16.3 Å². The van der Waals surface area contributed by atoms with E-state index in [1.54, 1.807) is 24.3 Å². The number of carbonyl (C=O) groups excluding carboxylic acids is 1. The Balaban J connectivity index is 1.47. The minimum atomic E-state index is -3.39. The number of ether oxygens (including phenoxy) is 1. The van der Waals surface area contributed by atoms with Crippen molar-refractivity contribution < 1.29 is 17.9 Å². The number of nitrogens with one attached hydrogen (secondary N) is 1. The van der Waals surface area contributed by atoms with E-state index in [0.29, 0.717) is 43.1 Å². The molecule has 1 N–H and O–H groups in total. The smallest absolute Gasteiger partial charge is 0.223 e. The summed E-state index contributed by atoms with van der Waals surface area (Å²) in [6, 6.07) is 6.84. The SMILES string of the molecule is O=C(NC[C@H]1CCCO1)C1CCN(S(=O)(=O)Cc2ccc(Cl)cc2)CC1. The standard InChI is InChI=1S/C18H25ClN2O4S/c19-16-5-3-14(4-6-16)13-26(23,24)21-9-7-15(8-10-21)18(22)20-12-17-2-1-11-25-17/h3-6,15,17H,1-2,7-13H2,(H,20,22)/t17-/m1/s1. The van der Waals surface area contributed by atoms with Crippen LogP contribution in [0.5, 0.6) is 0 Å². The fourth-order valence-corrected chi connectivity index (χ4v) is 5.13. The molecule has 2 fully saturated rings. The predicted molar refractivity (Wildman–Crippen MR) is 100 cm³/mol. The van der Waals surface area contributed by atoms with Crippen molar-refractivity contribution in [3.05, 3.63) is 34.9 Å². The number of nitrogens with zero attached hydrogens (tertiary/aromatic N) is 1. The Morgan fingerprint density at radius 1 is 1.19 bits per heavy atom. The fourth-order valence-electron chi connectivity index (χ4n) is 3.44. The lowest BCUT2D eigenvalue weighted by Crippen LogP contribution is -2.44. The van der Waals surface area contributed by atoms with Gasteiger partial charge in [-0.1, -0.05) is 23.7 Å². The van der Waals surface area contributed by atoms with Gasteiger partial charge < -0.3 is 10.1 Å². The van der Waals surface area contributed by atoms with Gasteiger partial charge in [0.2, 0.25) is 15.9 Å². The number of rotatable bonds is 6. The maximum absolute atomic E-state index is 12.6. The first-order valence-corrected chi connectivity index (χ1v) is 11.0. The van der Waals surface area contributed by atoms with Crippen LogP contribution in [-0.2, 0) is 25.3 Å². The molecule has 0 saturated carbocycles. The Kier molecular flexibility index (Phi) is 6.55. The van der Waals surface area contributed by atoms with Crippen molar-refractivity contribution in [3.63, 3.8) is 0 Å². The van der Waals surface area contributed by atoms with Crippen LogP contribution in [0.3, 0.4) is 0 Å². The van der Waals surface area contributed by atoms with Gasteiger partial charge in [0.25, 0.3) is 0 Å². The molecule has 2 heterocycles. The number of benzene rings is 1. The van der Waals surface area contributed by atoms with Crippen molar-refractivity contribution in [3.8, 4) is 0 Å². The zero-order valence-electron chi connectivity index (χ0n) is 14.7. The van der Waals surface area contributed by atoms with E-state index < -0.39 is 10.0 Å². The number of halogens is 1. The van der Waals surface area contributed by atoms with Gasteiger partial charge in [0, 0.05) is 37.2 Å². The van der Waals surface area contributed by atoms with Crippen molar-refractivity contribution in [1.29, 1.82) is 0 Å². The molecule has 2 aliphatic heterocycles. The lowest BCUT2D eigenvalue weighted by Gasteiger charge is -2.30. The predicted octanol–water partition coefficient (Wildman–Crippen LogP) is 2.18. The van der Waals surface area contributed by atoms with Crippen molar-refractivity contribution in [2.45, 2.75) is 37.5 Å². The van der Waals surface area contributed by atoms with Gasteiger partial charge in [-0.2, -0.15) is 0 Å². The molecule has 3 rings (SSSR count). The summed E-state index contributed by atoms with van der Waals surface area (Å²) in [5.41, 5.74) is 0.714. The first-order valence-electron chi connectivity index (χ1n) is 9.05. The van der Waals surface area contributed by atoms with Gasteiger partial charge in [0.15, 0.2) is 0 Å². The summed E-state index contributed by atoms with van der Waals surface area (Å²) in [5, 5.41) is 3.53. The first kappa shape index (κ1) is 19.6.